The van der Waals surface area contributed by atoms with Crippen molar-refractivity contribution in [2.45, 2.75) is 51.6 Å². The van der Waals surface area contributed by atoms with Crippen molar-refractivity contribution in [1.29, 1.82) is 0 Å². The van der Waals surface area contributed by atoms with Crippen LogP contribution in [0.5, 0.6) is 0 Å². The minimum Gasteiger partial charge on any atom is -0.309 e. The summed E-state index contributed by atoms with van der Waals surface area (Å²) in [4.78, 5) is 1.34. The standard InChI is InChI=1S/C13H20ClNS/c1-10(11-5-3-2-4-6-11)15-9-12-7-8-13(14)16-12/h7-8,10-11,15H,2-6,9H2,1H3/t10-/m0/s1. The Hall–Kier alpha value is -0.0500. The van der Waals surface area contributed by atoms with E-state index in [0.717, 1.165) is 16.8 Å². The summed E-state index contributed by atoms with van der Waals surface area (Å²) in [6.45, 7) is 3.29. The van der Waals surface area contributed by atoms with Crippen molar-refractivity contribution < 1.29 is 0 Å². The summed E-state index contributed by atoms with van der Waals surface area (Å²) in [5, 5.41) is 3.63. The summed E-state index contributed by atoms with van der Waals surface area (Å²) in [6.07, 6.45) is 7.07. The largest absolute Gasteiger partial charge is 0.309 e. The predicted molar refractivity (Wildman–Crippen MR) is 72.2 cm³/mol. The van der Waals surface area contributed by atoms with Gasteiger partial charge in [-0.15, -0.1) is 11.3 Å². The van der Waals surface area contributed by atoms with Crippen molar-refractivity contribution in [2.75, 3.05) is 0 Å². The third kappa shape index (κ3) is 3.47. The average molecular weight is 258 g/mol. The molecule has 90 valence electrons. The van der Waals surface area contributed by atoms with Crippen molar-refractivity contribution in [3.63, 3.8) is 0 Å². The SMILES string of the molecule is C[C@H](NCc1ccc(Cl)s1)C1CCCCC1. The third-order valence-electron chi connectivity index (χ3n) is 3.58. The first-order valence-corrected chi connectivity index (χ1v) is 7.43. The van der Waals surface area contributed by atoms with Crippen molar-refractivity contribution in [1.82, 2.24) is 5.32 Å². The number of halogens is 1. The molecule has 0 aromatic carbocycles. The molecule has 1 atom stereocenters. The molecule has 1 aromatic rings. The van der Waals surface area contributed by atoms with E-state index in [1.54, 1.807) is 11.3 Å². The average Bonchev–Trinajstić information content (AvgIpc) is 2.73. The molecule has 0 saturated heterocycles. The topological polar surface area (TPSA) is 12.0 Å². The molecule has 1 fully saturated rings. The van der Waals surface area contributed by atoms with Gasteiger partial charge in [-0.25, -0.2) is 0 Å². The molecule has 3 heteroatoms. The molecule has 2 rings (SSSR count). The van der Waals surface area contributed by atoms with Crippen molar-refractivity contribution in [3.05, 3.63) is 21.3 Å². The Bertz CT molecular complexity index is 317. The maximum Gasteiger partial charge on any atom is 0.0931 e. The lowest BCUT2D eigenvalue weighted by Crippen LogP contribution is -2.33. The Kier molecular flexibility index (Phi) is 4.68. The molecule has 1 nitrogen and oxygen atoms in total. The summed E-state index contributed by atoms with van der Waals surface area (Å²) in [7, 11) is 0. The molecule has 1 aromatic heterocycles. The normalized spacial score (nSPS) is 19.9. The monoisotopic (exact) mass is 257 g/mol. The van der Waals surface area contributed by atoms with E-state index in [-0.39, 0.29) is 0 Å². The maximum absolute atomic E-state index is 5.92. The zero-order valence-corrected chi connectivity index (χ0v) is 11.4. The molecule has 1 heterocycles. The van der Waals surface area contributed by atoms with Crippen LogP contribution in [0, 0.1) is 5.92 Å². The first-order chi connectivity index (χ1) is 7.75. The summed E-state index contributed by atoms with van der Waals surface area (Å²) < 4.78 is 0.891. The second-order valence-electron chi connectivity index (χ2n) is 4.77. The Morgan fingerprint density at radius 1 is 1.38 bits per heavy atom. The van der Waals surface area contributed by atoms with Gasteiger partial charge in [-0.2, -0.15) is 0 Å². The minimum atomic E-state index is 0.640. The zero-order chi connectivity index (χ0) is 11.4. The Balaban J connectivity index is 1.76. The van der Waals surface area contributed by atoms with Crippen LogP contribution in [-0.2, 0) is 6.54 Å². The molecule has 1 saturated carbocycles. The highest BCUT2D eigenvalue weighted by atomic mass is 35.5. The van der Waals surface area contributed by atoms with E-state index in [2.05, 4.69) is 18.3 Å². The van der Waals surface area contributed by atoms with Crippen LogP contribution in [0.3, 0.4) is 0 Å². The minimum absolute atomic E-state index is 0.640. The fraction of sp³-hybridized carbons (Fsp3) is 0.692. The highest BCUT2D eigenvalue weighted by molar-refractivity contribution is 7.16. The second-order valence-corrected chi connectivity index (χ2v) is 6.57. The molecule has 16 heavy (non-hydrogen) atoms. The van der Waals surface area contributed by atoms with Crippen LogP contribution in [0.15, 0.2) is 12.1 Å². The number of thiophene rings is 1. The second kappa shape index (κ2) is 6.04. The van der Waals surface area contributed by atoms with E-state index in [1.807, 2.05) is 6.07 Å². The molecule has 0 radical (unpaired) electrons. The van der Waals surface area contributed by atoms with E-state index >= 15 is 0 Å². The third-order valence-corrected chi connectivity index (χ3v) is 4.82. The van der Waals surface area contributed by atoms with Crippen LogP contribution < -0.4 is 5.32 Å². The molecule has 0 unspecified atom stereocenters. The Morgan fingerprint density at radius 3 is 2.75 bits per heavy atom. The van der Waals surface area contributed by atoms with Gasteiger partial charge in [0.2, 0.25) is 0 Å². The number of nitrogens with one attached hydrogen (secondary N) is 1. The van der Waals surface area contributed by atoms with E-state index in [9.17, 15) is 0 Å². The smallest absolute Gasteiger partial charge is 0.0931 e. The van der Waals surface area contributed by atoms with Crippen molar-refractivity contribution in [2.24, 2.45) is 5.92 Å². The van der Waals surface area contributed by atoms with Gasteiger partial charge in [-0.05, 0) is 37.8 Å². The van der Waals surface area contributed by atoms with E-state index in [4.69, 9.17) is 11.6 Å². The van der Waals surface area contributed by atoms with Gasteiger partial charge in [0.15, 0.2) is 0 Å². The van der Waals surface area contributed by atoms with Gasteiger partial charge in [0, 0.05) is 17.5 Å². The van der Waals surface area contributed by atoms with Gasteiger partial charge in [0.1, 0.15) is 0 Å². The van der Waals surface area contributed by atoms with Gasteiger partial charge in [-0.3, -0.25) is 0 Å². The summed E-state index contributed by atoms with van der Waals surface area (Å²) in [6, 6.07) is 4.74. The molecule has 1 N–H and O–H groups in total. The quantitative estimate of drug-likeness (QED) is 0.840. The molecular weight excluding hydrogens is 238 g/mol. The lowest BCUT2D eigenvalue weighted by molar-refractivity contribution is 0.281. The molecule has 0 aliphatic heterocycles. The van der Waals surface area contributed by atoms with Crippen LogP contribution in [0.2, 0.25) is 4.34 Å². The predicted octanol–water partition coefficient (Wildman–Crippen LogP) is 4.46. The fourth-order valence-electron chi connectivity index (χ4n) is 2.51. The van der Waals surface area contributed by atoms with Crippen molar-refractivity contribution >= 4 is 22.9 Å². The Labute approximate surface area is 107 Å². The highest BCUT2D eigenvalue weighted by Gasteiger charge is 2.19. The van der Waals surface area contributed by atoms with Crippen LogP contribution >= 0.6 is 22.9 Å². The lowest BCUT2D eigenvalue weighted by Gasteiger charge is -2.28. The molecule has 1 aliphatic rings. The van der Waals surface area contributed by atoms with E-state index in [0.29, 0.717) is 6.04 Å². The van der Waals surface area contributed by atoms with E-state index in [1.165, 1.54) is 37.0 Å². The van der Waals surface area contributed by atoms with E-state index < -0.39 is 0 Å². The summed E-state index contributed by atoms with van der Waals surface area (Å²) >= 11 is 7.59. The van der Waals surface area contributed by atoms with Crippen LogP contribution in [0.25, 0.3) is 0 Å². The fourth-order valence-corrected chi connectivity index (χ4v) is 3.55. The molecule has 1 aliphatic carbocycles. The first kappa shape index (κ1) is 12.4. The van der Waals surface area contributed by atoms with Crippen LogP contribution in [0.1, 0.15) is 43.9 Å². The number of hydrogen-bond acceptors (Lipinski definition) is 2. The van der Waals surface area contributed by atoms with Crippen LogP contribution in [0.4, 0.5) is 0 Å². The van der Waals surface area contributed by atoms with Gasteiger partial charge in [0.25, 0.3) is 0 Å². The zero-order valence-electron chi connectivity index (χ0n) is 9.84. The lowest BCUT2D eigenvalue weighted by atomic mass is 9.84. The van der Waals surface area contributed by atoms with Gasteiger partial charge >= 0.3 is 0 Å². The Morgan fingerprint density at radius 2 is 2.12 bits per heavy atom. The summed E-state index contributed by atoms with van der Waals surface area (Å²) in [5.74, 6) is 0.879. The van der Waals surface area contributed by atoms with Crippen LogP contribution in [-0.4, -0.2) is 6.04 Å². The van der Waals surface area contributed by atoms with Crippen molar-refractivity contribution in [3.8, 4) is 0 Å². The maximum atomic E-state index is 5.92. The van der Waals surface area contributed by atoms with Gasteiger partial charge in [0.05, 0.1) is 4.34 Å². The molecule has 0 amide bonds. The summed E-state index contributed by atoms with van der Waals surface area (Å²) in [5.41, 5.74) is 0. The van der Waals surface area contributed by atoms with Gasteiger partial charge in [-0.1, -0.05) is 30.9 Å². The first-order valence-electron chi connectivity index (χ1n) is 6.23. The number of rotatable bonds is 4. The van der Waals surface area contributed by atoms with Gasteiger partial charge < -0.3 is 5.32 Å². The molecule has 0 bridgehead atoms. The molecular formula is C13H20ClNS. The molecule has 0 spiro atoms. The number of hydrogen-bond donors (Lipinski definition) is 1. The highest BCUT2D eigenvalue weighted by Crippen LogP contribution is 2.27.